The molecule has 1 N–H and O–H groups in total. The van der Waals surface area contributed by atoms with Crippen LogP contribution in [0.25, 0.3) is 32.3 Å². The highest BCUT2D eigenvalue weighted by atomic mass is 32.1. The van der Waals surface area contributed by atoms with E-state index >= 15 is 0 Å². The van der Waals surface area contributed by atoms with Gasteiger partial charge in [0.1, 0.15) is 5.58 Å². The van der Waals surface area contributed by atoms with E-state index in [9.17, 15) is 9.59 Å². The molecule has 0 atom stereocenters. The molecular weight excluding hydrogens is 432 g/mol. The highest BCUT2D eigenvalue weighted by Gasteiger charge is 2.12. The molecule has 0 radical (unpaired) electrons. The molecule has 5 nitrogen and oxygen atoms in total. The molecule has 0 aliphatic heterocycles. The normalized spacial score (nSPS) is 11.2. The van der Waals surface area contributed by atoms with Gasteiger partial charge in [-0.25, -0.2) is 9.78 Å². The number of anilines is 1. The summed E-state index contributed by atoms with van der Waals surface area (Å²) < 4.78 is 6.49. The van der Waals surface area contributed by atoms with Gasteiger partial charge in [0.25, 0.3) is 5.91 Å². The number of nitrogens with zero attached hydrogens (tertiary/aromatic N) is 1. The average Bonchev–Trinajstić information content (AvgIpc) is 3.24. The van der Waals surface area contributed by atoms with Gasteiger partial charge in [0.15, 0.2) is 5.13 Å². The second-order valence-electron chi connectivity index (χ2n) is 7.94. The minimum atomic E-state index is -0.404. The third-order valence-corrected chi connectivity index (χ3v) is 6.53. The van der Waals surface area contributed by atoms with Crippen molar-refractivity contribution in [2.24, 2.45) is 0 Å². The standard InChI is InChI=1S/C27H22N2O3S/c1-2-3-6-17-9-14-22-24(15-17)33-27(28-22)29-25(30)19-12-10-18(11-13-19)21-16-20-7-4-5-8-23(20)32-26(21)31/h4-5,7-16H,2-3,6H2,1H3,(H,28,29,30). The summed E-state index contributed by atoms with van der Waals surface area (Å²) in [4.78, 5) is 29.7. The first-order chi connectivity index (χ1) is 16.1. The second-order valence-corrected chi connectivity index (χ2v) is 8.97. The summed E-state index contributed by atoms with van der Waals surface area (Å²) in [7, 11) is 0. The number of aryl methyl sites for hydroxylation is 1. The molecular formula is C27H22N2O3S. The molecule has 33 heavy (non-hydrogen) atoms. The van der Waals surface area contributed by atoms with Gasteiger partial charge in [0.05, 0.1) is 15.8 Å². The van der Waals surface area contributed by atoms with Gasteiger partial charge >= 0.3 is 5.63 Å². The zero-order valence-corrected chi connectivity index (χ0v) is 18.9. The number of hydrogen-bond acceptors (Lipinski definition) is 5. The predicted octanol–water partition coefficient (Wildman–Crippen LogP) is 6.66. The van der Waals surface area contributed by atoms with Crippen molar-refractivity contribution in [3.63, 3.8) is 0 Å². The van der Waals surface area contributed by atoms with Crippen LogP contribution in [0.3, 0.4) is 0 Å². The van der Waals surface area contributed by atoms with Crippen LogP contribution in [0.5, 0.6) is 0 Å². The van der Waals surface area contributed by atoms with Crippen molar-refractivity contribution in [2.45, 2.75) is 26.2 Å². The van der Waals surface area contributed by atoms with Crippen LogP contribution in [0.4, 0.5) is 5.13 Å². The van der Waals surface area contributed by atoms with E-state index in [-0.39, 0.29) is 5.91 Å². The number of rotatable bonds is 6. The fourth-order valence-corrected chi connectivity index (χ4v) is 4.72. The summed E-state index contributed by atoms with van der Waals surface area (Å²) in [6.07, 6.45) is 3.37. The van der Waals surface area contributed by atoms with Crippen molar-refractivity contribution in [2.75, 3.05) is 5.32 Å². The number of unbranched alkanes of at least 4 members (excludes halogenated alkanes) is 1. The maximum absolute atomic E-state index is 12.8. The predicted molar refractivity (Wildman–Crippen MR) is 134 cm³/mol. The smallest absolute Gasteiger partial charge is 0.344 e. The Kier molecular flexibility index (Phi) is 5.75. The number of carbonyl (C=O) groups excluding carboxylic acids is 1. The SMILES string of the molecule is CCCCc1ccc2nc(NC(=O)c3ccc(-c4cc5ccccc5oc4=O)cc3)sc2c1. The molecule has 0 saturated carbocycles. The van der Waals surface area contributed by atoms with Crippen molar-refractivity contribution in [1.82, 2.24) is 4.98 Å². The number of fused-ring (bicyclic) bond motifs is 2. The quantitative estimate of drug-likeness (QED) is 0.291. The molecule has 0 bridgehead atoms. The molecule has 6 heteroatoms. The molecule has 2 heterocycles. The van der Waals surface area contributed by atoms with E-state index in [1.165, 1.54) is 16.9 Å². The van der Waals surface area contributed by atoms with E-state index < -0.39 is 5.63 Å². The number of carbonyl (C=O) groups is 1. The number of hydrogen-bond donors (Lipinski definition) is 1. The summed E-state index contributed by atoms with van der Waals surface area (Å²) in [5.74, 6) is -0.239. The molecule has 3 aromatic carbocycles. The Morgan fingerprint density at radius 3 is 2.67 bits per heavy atom. The molecule has 1 amide bonds. The van der Waals surface area contributed by atoms with Crippen LogP contribution in [-0.2, 0) is 6.42 Å². The number of aromatic nitrogens is 1. The zero-order chi connectivity index (χ0) is 22.8. The van der Waals surface area contributed by atoms with Crippen LogP contribution in [0.2, 0.25) is 0 Å². The second kappa shape index (κ2) is 9.00. The van der Waals surface area contributed by atoms with Crippen LogP contribution in [0, 0.1) is 0 Å². The Hall–Kier alpha value is -3.77. The highest BCUT2D eigenvalue weighted by Crippen LogP contribution is 2.28. The van der Waals surface area contributed by atoms with Crippen molar-refractivity contribution in [3.05, 3.63) is 94.3 Å². The zero-order valence-electron chi connectivity index (χ0n) is 18.1. The molecule has 5 aromatic rings. The summed E-state index contributed by atoms with van der Waals surface area (Å²) in [5.41, 5.74) is 3.98. The van der Waals surface area contributed by atoms with Crippen LogP contribution < -0.4 is 10.9 Å². The third-order valence-electron chi connectivity index (χ3n) is 5.59. The maximum atomic E-state index is 12.8. The molecule has 0 fully saturated rings. The van der Waals surface area contributed by atoms with Gasteiger partial charge in [-0.2, -0.15) is 0 Å². The molecule has 0 unspecified atom stereocenters. The summed E-state index contributed by atoms with van der Waals surface area (Å²) in [6, 6.07) is 22.4. The number of thiazole rings is 1. The van der Waals surface area contributed by atoms with E-state index in [4.69, 9.17) is 4.42 Å². The molecule has 5 rings (SSSR count). The summed E-state index contributed by atoms with van der Waals surface area (Å²) >= 11 is 1.47. The Labute approximate surface area is 194 Å². The maximum Gasteiger partial charge on any atom is 0.344 e. The van der Waals surface area contributed by atoms with Gasteiger partial charge in [-0.15, -0.1) is 0 Å². The van der Waals surface area contributed by atoms with E-state index in [0.29, 0.717) is 27.4 Å². The average molecular weight is 455 g/mol. The van der Waals surface area contributed by atoms with E-state index in [1.54, 1.807) is 30.3 Å². The van der Waals surface area contributed by atoms with Crippen molar-refractivity contribution < 1.29 is 9.21 Å². The largest absolute Gasteiger partial charge is 0.422 e. The first kappa shape index (κ1) is 21.1. The third kappa shape index (κ3) is 4.43. The Morgan fingerprint density at radius 2 is 1.85 bits per heavy atom. The van der Waals surface area contributed by atoms with Gasteiger partial charge in [-0.3, -0.25) is 10.1 Å². The Morgan fingerprint density at radius 1 is 1.03 bits per heavy atom. The fraction of sp³-hybridized carbons (Fsp3) is 0.148. The minimum Gasteiger partial charge on any atom is -0.422 e. The van der Waals surface area contributed by atoms with Gasteiger partial charge < -0.3 is 4.42 Å². The monoisotopic (exact) mass is 454 g/mol. The number of benzene rings is 3. The molecule has 0 spiro atoms. The first-order valence-corrected chi connectivity index (χ1v) is 11.8. The van der Waals surface area contributed by atoms with Crippen LogP contribution in [0.15, 0.2) is 82.0 Å². The number of para-hydroxylation sites is 1. The number of nitrogens with one attached hydrogen (secondary N) is 1. The summed E-state index contributed by atoms with van der Waals surface area (Å²) in [6.45, 7) is 2.18. The number of amides is 1. The van der Waals surface area contributed by atoms with Crippen molar-refractivity contribution in [3.8, 4) is 11.1 Å². The molecule has 0 aliphatic rings. The molecule has 2 aromatic heterocycles. The van der Waals surface area contributed by atoms with Crippen LogP contribution in [-0.4, -0.2) is 10.9 Å². The van der Waals surface area contributed by atoms with E-state index in [0.717, 1.165) is 34.9 Å². The first-order valence-electron chi connectivity index (χ1n) is 10.9. The highest BCUT2D eigenvalue weighted by molar-refractivity contribution is 7.22. The fourth-order valence-electron chi connectivity index (χ4n) is 3.79. The van der Waals surface area contributed by atoms with Gasteiger partial charge in [0.2, 0.25) is 0 Å². The lowest BCUT2D eigenvalue weighted by atomic mass is 10.0. The Bertz CT molecular complexity index is 1520. The lowest BCUT2D eigenvalue weighted by Crippen LogP contribution is -2.11. The van der Waals surface area contributed by atoms with Gasteiger partial charge in [-0.05, 0) is 60.4 Å². The van der Waals surface area contributed by atoms with Crippen molar-refractivity contribution in [1.29, 1.82) is 0 Å². The van der Waals surface area contributed by atoms with Crippen LogP contribution >= 0.6 is 11.3 Å². The van der Waals surface area contributed by atoms with Gasteiger partial charge in [0, 0.05) is 10.9 Å². The lowest BCUT2D eigenvalue weighted by Gasteiger charge is -2.05. The Balaban J connectivity index is 1.35. The molecule has 164 valence electrons. The lowest BCUT2D eigenvalue weighted by molar-refractivity contribution is 0.102. The minimum absolute atomic E-state index is 0.239. The van der Waals surface area contributed by atoms with Gasteiger partial charge in [-0.1, -0.05) is 61.1 Å². The summed E-state index contributed by atoms with van der Waals surface area (Å²) in [5, 5.41) is 4.31. The molecule has 0 aliphatic carbocycles. The molecule has 0 saturated heterocycles. The van der Waals surface area contributed by atoms with Crippen molar-refractivity contribution >= 4 is 43.6 Å². The topological polar surface area (TPSA) is 72.2 Å². The van der Waals surface area contributed by atoms with E-state index in [1.807, 2.05) is 30.3 Å². The van der Waals surface area contributed by atoms with E-state index in [2.05, 4.69) is 29.4 Å². The van der Waals surface area contributed by atoms with Crippen LogP contribution in [0.1, 0.15) is 35.7 Å².